The number of carbonyl (C=O) groups excluding carboxylic acids is 1. The first-order chi connectivity index (χ1) is 11.0. The molecule has 3 rings (SSSR count). The fraction of sp³-hybridized carbons (Fsp3) is 0.533. The minimum absolute atomic E-state index is 0.217. The van der Waals surface area contributed by atoms with E-state index in [-0.39, 0.29) is 17.3 Å². The van der Waals surface area contributed by atoms with Crippen molar-refractivity contribution in [3.05, 3.63) is 30.1 Å². The molecule has 2 heterocycles. The van der Waals surface area contributed by atoms with Crippen molar-refractivity contribution in [3.8, 4) is 0 Å². The Bertz CT molecular complexity index is 688. The molecule has 0 bridgehead atoms. The van der Waals surface area contributed by atoms with Gasteiger partial charge in [0.1, 0.15) is 16.8 Å². The maximum Gasteiger partial charge on any atom is 0.246 e. The highest BCUT2D eigenvalue weighted by molar-refractivity contribution is 7.89. The molecule has 0 aliphatic carbocycles. The van der Waals surface area contributed by atoms with Crippen LogP contribution in [0, 0.1) is 5.82 Å². The lowest BCUT2D eigenvalue weighted by Crippen LogP contribution is -2.51. The highest BCUT2D eigenvalue weighted by atomic mass is 32.2. The van der Waals surface area contributed by atoms with E-state index in [9.17, 15) is 17.6 Å². The van der Waals surface area contributed by atoms with Crippen LogP contribution in [-0.2, 0) is 19.6 Å². The molecule has 1 aromatic carbocycles. The second-order valence-corrected chi connectivity index (χ2v) is 7.50. The highest BCUT2D eigenvalue weighted by Crippen LogP contribution is 2.28. The van der Waals surface area contributed by atoms with Crippen LogP contribution in [0.3, 0.4) is 0 Å². The first kappa shape index (κ1) is 16.4. The van der Waals surface area contributed by atoms with E-state index in [1.165, 1.54) is 18.2 Å². The second kappa shape index (κ2) is 6.54. The molecule has 126 valence electrons. The summed E-state index contributed by atoms with van der Waals surface area (Å²) in [6.45, 7) is 2.07. The van der Waals surface area contributed by atoms with Crippen molar-refractivity contribution in [3.63, 3.8) is 0 Å². The summed E-state index contributed by atoms with van der Waals surface area (Å²) in [5.74, 6) is -1.01. The number of carbonyl (C=O) groups is 1. The van der Waals surface area contributed by atoms with E-state index < -0.39 is 21.9 Å². The van der Waals surface area contributed by atoms with Crippen LogP contribution in [0.4, 0.5) is 4.39 Å². The van der Waals surface area contributed by atoms with Crippen molar-refractivity contribution in [2.45, 2.75) is 23.8 Å². The number of halogens is 1. The van der Waals surface area contributed by atoms with E-state index in [1.54, 1.807) is 4.90 Å². The van der Waals surface area contributed by atoms with E-state index in [4.69, 9.17) is 4.74 Å². The molecular weight excluding hydrogens is 323 g/mol. The fourth-order valence-corrected chi connectivity index (χ4v) is 4.77. The topological polar surface area (TPSA) is 66.9 Å². The van der Waals surface area contributed by atoms with Crippen LogP contribution >= 0.6 is 0 Å². The van der Waals surface area contributed by atoms with Gasteiger partial charge in [0.15, 0.2) is 0 Å². The van der Waals surface area contributed by atoms with Crippen molar-refractivity contribution in [1.29, 1.82) is 0 Å². The van der Waals surface area contributed by atoms with Crippen LogP contribution in [0.25, 0.3) is 0 Å². The van der Waals surface area contributed by atoms with Gasteiger partial charge in [-0.3, -0.25) is 4.79 Å². The number of benzene rings is 1. The van der Waals surface area contributed by atoms with Crippen molar-refractivity contribution in [2.75, 3.05) is 32.8 Å². The Labute approximate surface area is 134 Å². The van der Waals surface area contributed by atoms with Gasteiger partial charge in [0, 0.05) is 19.6 Å². The van der Waals surface area contributed by atoms with Crippen molar-refractivity contribution in [1.82, 2.24) is 9.21 Å². The van der Waals surface area contributed by atoms with Gasteiger partial charge in [-0.25, -0.2) is 12.8 Å². The van der Waals surface area contributed by atoms with E-state index >= 15 is 0 Å². The molecule has 0 saturated carbocycles. The number of morpholine rings is 1. The van der Waals surface area contributed by atoms with Gasteiger partial charge in [0.2, 0.25) is 15.9 Å². The Morgan fingerprint density at radius 1 is 1.17 bits per heavy atom. The van der Waals surface area contributed by atoms with Gasteiger partial charge in [-0.1, -0.05) is 12.1 Å². The van der Waals surface area contributed by atoms with Crippen LogP contribution < -0.4 is 0 Å². The molecule has 1 unspecified atom stereocenters. The Balaban J connectivity index is 1.86. The van der Waals surface area contributed by atoms with Gasteiger partial charge >= 0.3 is 0 Å². The zero-order valence-electron chi connectivity index (χ0n) is 12.7. The van der Waals surface area contributed by atoms with E-state index in [0.29, 0.717) is 39.1 Å². The third-order valence-corrected chi connectivity index (χ3v) is 6.18. The lowest BCUT2D eigenvalue weighted by atomic mass is 10.2. The summed E-state index contributed by atoms with van der Waals surface area (Å²) in [4.78, 5) is 13.9. The molecule has 2 aliphatic rings. The van der Waals surface area contributed by atoms with Crippen LogP contribution in [0.15, 0.2) is 29.2 Å². The normalized spacial score (nSPS) is 23.2. The molecule has 2 fully saturated rings. The molecule has 1 amide bonds. The van der Waals surface area contributed by atoms with Crippen molar-refractivity contribution < 1.29 is 22.3 Å². The number of ether oxygens (including phenoxy) is 1. The van der Waals surface area contributed by atoms with Gasteiger partial charge < -0.3 is 9.64 Å². The van der Waals surface area contributed by atoms with Gasteiger partial charge in [0.05, 0.1) is 13.2 Å². The summed E-state index contributed by atoms with van der Waals surface area (Å²) in [6, 6.07) is 4.51. The number of rotatable bonds is 3. The monoisotopic (exact) mass is 342 g/mol. The van der Waals surface area contributed by atoms with Crippen LogP contribution in [-0.4, -0.2) is 62.4 Å². The molecule has 2 aliphatic heterocycles. The third-order valence-electron chi connectivity index (χ3n) is 4.23. The Morgan fingerprint density at radius 2 is 1.87 bits per heavy atom. The molecule has 0 N–H and O–H groups in total. The lowest BCUT2D eigenvalue weighted by molar-refractivity contribution is -0.138. The Morgan fingerprint density at radius 3 is 2.57 bits per heavy atom. The molecule has 0 radical (unpaired) electrons. The van der Waals surface area contributed by atoms with E-state index in [1.807, 2.05) is 0 Å². The number of nitrogens with zero attached hydrogens (tertiary/aromatic N) is 2. The molecule has 8 heteroatoms. The van der Waals surface area contributed by atoms with Gasteiger partial charge in [-0.05, 0) is 25.0 Å². The molecule has 0 aromatic heterocycles. The van der Waals surface area contributed by atoms with Gasteiger partial charge in [-0.2, -0.15) is 4.31 Å². The largest absolute Gasteiger partial charge is 0.378 e. The third kappa shape index (κ3) is 3.11. The SMILES string of the molecule is O=C(C1CCCN1S(=O)(=O)c1ccccc1F)N1CCOCC1. The molecule has 2 saturated heterocycles. The molecule has 1 atom stereocenters. The highest BCUT2D eigenvalue weighted by Gasteiger charge is 2.42. The zero-order chi connectivity index (χ0) is 16.4. The fourth-order valence-electron chi connectivity index (χ4n) is 3.05. The average molecular weight is 342 g/mol. The maximum atomic E-state index is 13.9. The van der Waals surface area contributed by atoms with Crippen LogP contribution in [0.1, 0.15) is 12.8 Å². The summed E-state index contributed by atoms with van der Waals surface area (Å²) in [6.07, 6.45) is 1.05. The number of amides is 1. The average Bonchev–Trinajstić information content (AvgIpc) is 3.05. The van der Waals surface area contributed by atoms with Crippen molar-refractivity contribution in [2.24, 2.45) is 0 Å². The summed E-state index contributed by atoms with van der Waals surface area (Å²) < 4.78 is 45.7. The van der Waals surface area contributed by atoms with Gasteiger partial charge in [-0.15, -0.1) is 0 Å². The zero-order valence-corrected chi connectivity index (χ0v) is 13.5. The molecule has 0 spiro atoms. The summed E-state index contributed by atoms with van der Waals surface area (Å²) in [5, 5.41) is 0. The minimum atomic E-state index is -4.02. The number of hydrogen-bond acceptors (Lipinski definition) is 4. The smallest absolute Gasteiger partial charge is 0.246 e. The molecular formula is C15H19FN2O4S. The first-order valence-corrected chi connectivity index (χ1v) is 9.09. The summed E-state index contributed by atoms with van der Waals surface area (Å²) in [5.41, 5.74) is 0. The maximum absolute atomic E-state index is 13.9. The lowest BCUT2D eigenvalue weighted by Gasteiger charge is -2.32. The standard InChI is InChI=1S/C15H19FN2O4S/c16-12-4-1-2-6-14(12)23(20,21)18-7-3-5-13(18)15(19)17-8-10-22-11-9-17/h1-2,4,6,13H,3,5,7-11H2. The van der Waals surface area contributed by atoms with Crippen molar-refractivity contribution >= 4 is 15.9 Å². The molecule has 6 nitrogen and oxygen atoms in total. The van der Waals surface area contributed by atoms with E-state index in [0.717, 1.165) is 10.4 Å². The Kier molecular flexibility index (Phi) is 4.65. The number of hydrogen-bond donors (Lipinski definition) is 0. The second-order valence-electron chi connectivity index (χ2n) is 5.64. The molecule has 23 heavy (non-hydrogen) atoms. The predicted molar refractivity (Wildman–Crippen MR) is 80.7 cm³/mol. The summed E-state index contributed by atoms with van der Waals surface area (Å²) in [7, 11) is -4.02. The quantitative estimate of drug-likeness (QED) is 0.816. The Hall–Kier alpha value is -1.51. The van der Waals surface area contributed by atoms with Crippen LogP contribution in [0.5, 0.6) is 0 Å². The molecule has 1 aromatic rings. The predicted octanol–water partition coefficient (Wildman–Crippen LogP) is 0.838. The number of sulfonamides is 1. The first-order valence-electron chi connectivity index (χ1n) is 7.65. The van der Waals surface area contributed by atoms with Crippen LogP contribution in [0.2, 0.25) is 0 Å². The summed E-state index contributed by atoms with van der Waals surface area (Å²) >= 11 is 0. The van der Waals surface area contributed by atoms with Gasteiger partial charge in [0.25, 0.3) is 0 Å². The minimum Gasteiger partial charge on any atom is -0.378 e. The van der Waals surface area contributed by atoms with E-state index in [2.05, 4.69) is 0 Å².